The highest BCUT2D eigenvalue weighted by Gasteiger charge is 2.42. The SMILES string of the molecule is CCCCNc1nc(SCCC)nc2c1nnn2C1CC(N)C(O)C1O. The minimum absolute atomic E-state index is 0.417. The molecule has 26 heavy (non-hydrogen) atoms. The van der Waals surface area contributed by atoms with Crippen molar-refractivity contribution in [3.63, 3.8) is 0 Å². The van der Waals surface area contributed by atoms with Crippen LogP contribution in [0.2, 0.25) is 0 Å². The summed E-state index contributed by atoms with van der Waals surface area (Å²) in [6, 6.07) is -0.945. The molecule has 2 heterocycles. The molecule has 9 nitrogen and oxygen atoms in total. The number of hydrogen-bond donors (Lipinski definition) is 4. The summed E-state index contributed by atoms with van der Waals surface area (Å²) >= 11 is 1.58. The van der Waals surface area contributed by atoms with Gasteiger partial charge in [0, 0.05) is 18.3 Å². The summed E-state index contributed by atoms with van der Waals surface area (Å²) in [5.74, 6) is 1.57. The van der Waals surface area contributed by atoms with Gasteiger partial charge in [-0.3, -0.25) is 0 Å². The van der Waals surface area contributed by atoms with Gasteiger partial charge in [-0.2, -0.15) is 0 Å². The van der Waals surface area contributed by atoms with Crippen LogP contribution >= 0.6 is 11.8 Å². The minimum Gasteiger partial charge on any atom is -0.389 e. The Bertz CT molecular complexity index is 741. The predicted octanol–water partition coefficient (Wildman–Crippen LogP) is 0.929. The van der Waals surface area contributed by atoms with E-state index < -0.39 is 24.3 Å². The maximum Gasteiger partial charge on any atom is 0.191 e. The first-order valence-electron chi connectivity index (χ1n) is 9.18. The van der Waals surface area contributed by atoms with Crippen molar-refractivity contribution in [3.8, 4) is 0 Å². The lowest BCUT2D eigenvalue weighted by Crippen LogP contribution is -2.36. The molecule has 0 bridgehead atoms. The Morgan fingerprint density at radius 2 is 2.04 bits per heavy atom. The average Bonchev–Trinajstić information content (AvgIpc) is 3.16. The lowest BCUT2D eigenvalue weighted by Gasteiger charge is -2.16. The van der Waals surface area contributed by atoms with Crippen LogP contribution in [0.3, 0.4) is 0 Å². The van der Waals surface area contributed by atoms with Gasteiger partial charge in [0.15, 0.2) is 22.1 Å². The molecule has 0 spiro atoms. The van der Waals surface area contributed by atoms with Crippen molar-refractivity contribution >= 4 is 28.7 Å². The zero-order chi connectivity index (χ0) is 18.7. The van der Waals surface area contributed by atoms with Gasteiger partial charge < -0.3 is 21.3 Å². The highest BCUT2D eigenvalue weighted by molar-refractivity contribution is 7.99. The second-order valence-electron chi connectivity index (χ2n) is 6.64. The second kappa shape index (κ2) is 8.47. The number of thioether (sulfide) groups is 1. The van der Waals surface area contributed by atoms with E-state index in [4.69, 9.17) is 5.73 Å². The average molecular weight is 382 g/mol. The number of nitrogens with one attached hydrogen (secondary N) is 1. The number of anilines is 1. The zero-order valence-electron chi connectivity index (χ0n) is 15.2. The van der Waals surface area contributed by atoms with Crippen molar-refractivity contribution in [2.75, 3.05) is 17.6 Å². The standard InChI is InChI=1S/C16H27N7O2S/c1-3-5-6-18-14-11-15(20-16(19-14)26-7-4-2)23(22-21-11)10-8-9(17)12(24)13(10)25/h9-10,12-13,24-25H,3-8,17H2,1-2H3,(H,18,19,20). The molecule has 2 aromatic heterocycles. The number of rotatable bonds is 8. The van der Waals surface area contributed by atoms with Gasteiger partial charge in [0.2, 0.25) is 0 Å². The van der Waals surface area contributed by atoms with E-state index >= 15 is 0 Å². The first-order chi connectivity index (χ1) is 12.6. The lowest BCUT2D eigenvalue weighted by atomic mass is 10.2. The van der Waals surface area contributed by atoms with E-state index in [9.17, 15) is 10.2 Å². The van der Waals surface area contributed by atoms with Crippen LogP contribution in [0.1, 0.15) is 45.6 Å². The van der Waals surface area contributed by atoms with Gasteiger partial charge in [0.1, 0.15) is 6.10 Å². The fraction of sp³-hybridized carbons (Fsp3) is 0.750. The van der Waals surface area contributed by atoms with Crippen LogP contribution < -0.4 is 11.1 Å². The largest absolute Gasteiger partial charge is 0.389 e. The third kappa shape index (κ3) is 3.78. The smallest absolute Gasteiger partial charge is 0.191 e. The molecule has 2 aromatic rings. The van der Waals surface area contributed by atoms with E-state index in [0.717, 1.165) is 31.6 Å². The van der Waals surface area contributed by atoms with Gasteiger partial charge >= 0.3 is 0 Å². The topological polar surface area (TPSA) is 135 Å². The number of aromatic nitrogens is 5. The van der Waals surface area contributed by atoms with Crippen LogP contribution in [-0.2, 0) is 0 Å². The van der Waals surface area contributed by atoms with Gasteiger partial charge in [0.25, 0.3) is 0 Å². The number of hydrogen-bond acceptors (Lipinski definition) is 9. The molecule has 0 amide bonds. The van der Waals surface area contributed by atoms with Crippen molar-refractivity contribution in [1.29, 1.82) is 0 Å². The third-order valence-electron chi connectivity index (χ3n) is 4.57. The Kier molecular flexibility index (Phi) is 6.28. The number of nitrogens with two attached hydrogens (primary N) is 1. The number of fused-ring (bicyclic) bond motifs is 1. The molecule has 1 saturated carbocycles. The normalized spacial score (nSPS) is 25.9. The van der Waals surface area contributed by atoms with Crippen LogP contribution in [0.4, 0.5) is 5.82 Å². The summed E-state index contributed by atoms with van der Waals surface area (Å²) in [5, 5.41) is 32.7. The Morgan fingerprint density at radius 3 is 2.69 bits per heavy atom. The van der Waals surface area contributed by atoms with Gasteiger partial charge in [-0.25, -0.2) is 14.6 Å². The Hall–Kier alpha value is -1.49. The summed E-state index contributed by atoms with van der Waals surface area (Å²) in [4.78, 5) is 9.19. The molecular formula is C16H27N7O2S. The molecule has 4 unspecified atom stereocenters. The molecule has 1 aliphatic carbocycles. The fourth-order valence-corrected chi connectivity index (χ4v) is 3.77. The zero-order valence-corrected chi connectivity index (χ0v) is 16.0. The molecular weight excluding hydrogens is 354 g/mol. The number of unbranched alkanes of at least 4 members (excludes halogenated alkanes) is 1. The summed E-state index contributed by atoms with van der Waals surface area (Å²) in [5.41, 5.74) is 7.03. The molecule has 1 aliphatic rings. The maximum atomic E-state index is 10.3. The van der Waals surface area contributed by atoms with E-state index in [0.29, 0.717) is 28.6 Å². The van der Waals surface area contributed by atoms with Crippen molar-refractivity contribution in [3.05, 3.63) is 0 Å². The van der Waals surface area contributed by atoms with Crippen LogP contribution in [0, 0.1) is 0 Å². The van der Waals surface area contributed by atoms with Crippen molar-refractivity contribution < 1.29 is 10.2 Å². The Labute approximate surface area is 156 Å². The van der Waals surface area contributed by atoms with E-state index in [-0.39, 0.29) is 0 Å². The minimum atomic E-state index is -0.992. The fourth-order valence-electron chi connectivity index (χ4n) is 3.08. The first kappa shape index (κ1) is 19.3. The molecule has 4 atom stereocenters. The maximum absolute atomic E-state index is 10.3. The van der Waals surface area contributed by atoms with Crippen molar-refractivity contribution in [2.24, 2.45) is 5.73 Å². The molecule has 0 radical (unpaired) electrons. The van der Waals surface area contributed by atoms with E-state index in [1.165, 1.54) is 0 Å². The number of aliphatic hydroxyl groups is 2. The van der Waals surface area contributed by atoms with Gasteiger partial charge in [-0.15, -0.1) is 5.10 Å². The van der Waals surface area contributed by atoms with Gasteiger partial charge in [-0.05, 0) is 19.3 Å². The van der Waals surface area contributed by atoms with Crippen molar-refractivity contribution in [1.82, 2.24) is 25.0 Å². The van der Waals surface area contributed by atoms with Crippen LogP contribution in [-0.4, -0.2) is 65.7 Å². The monoisotopic (exact) mass is 381 g/mol. The summed E-state index contributed by atoms with van der Waals surface area (Å²) < 4.78 is 1.58. The molecule has 1 fully saturated rings. The number of nitrogens with zero attached hydrogens (tertiary/aromatic N) is 5. The summed E-state index contributed by atoms with van der Waals surface area (Å²) in [7, 11) is 0. The first-order valence-corrected chi connectivity index (χ1v) is 10.2. The second-order valence-corrected chi connectivity index (χ2v) is 7.70. The molecule has 144 valence electrons. The lowest BCUT2D eigenvalue weighted by molar-refractivity contribution is 0.0163. The Morgan fingerprint density at radius 1 is 1.23 bits per heavy atom. The van der Waals surface area contributed by atoms with Crippen LogP contribution in [0.25, 0.3) is 11.2 Å². The van der Waals surface area contributed by atoms with Gasteiger partial charge in [-0.1, -0.05) is 37.2 Å². The highest BCUT2D eigenvalue weighted by atomic mass is 32.2. The van der Waals surface area contributed by atoms with E-state index in [1.807, 2.05) is 0 Å². The molecule has 5 N–H and O–H groups in total. The molecule has 10 heteroatoms. The van der Waals surface area contributed by atoms with E-state index in [2.05, 4.69) is 39.4 Å². The van der Waals surface area contributed by atoms with Crippen LogP contribution in [0.5, 0.6) is 0 Å². The quantitative estimate of drug-likeness (QED) is 0.299. The Balaban J connectivity index is 1.98. The highest BCUT2D eigenvalue weighted by Crippen LogP contribution is 2.32. The molecule has 0 aromatic carbocycles. The van der Waals surface area contributed by atoms with Crippen molar-refractivity contribution in [2.45, 2.75) is 69.0 Å². The van der Waals surface area contributed by atoms with Crippen LogP contribution in [0.15, 0.2) is 5.16 Å². The van der Waals surface area contributed by atoms with E-state index in [1.54, 1.807) is 16.4 Å². The summed E-state index contributed by atoms with van der Waals surface area (Å²) in [6.45, 7) is 5.03. The molecule has 0 aliphatic heterocycles. The molecule has 3 rings (SSSR count). The predicted molar refractivity (Wildman–Crippen MR) is 101 cm³/mol. The number of aliphatic hydroxyl groups excluding tert-OH is 2. The van der Waals surface area contributed by atoms with Gasteiger partial charge in [0.05, 0.1) is 12.1 Å². The molecule has 0 saturated heterocycles. The summed E-state index contributed by atoms with van der Waals surface area (Å²) in [6.07, 6.45) is 1.57. The third-order valence-corrected chi connectivity index (χ3v) is 5.62.